The fraction of sp³-hybridized carbons (Fsp3) is 0.450. The van der Waals surface area contributed by atoms with Gasteiger partial charge in [-0.15, -0.1) is 0 Å². The summed E-state index contributed by atoms with van der Waals surface area (Å²) in [6.07, 6.45) is 3.36. The number of fused-ring (bicyclic) bond motifs is 1. The summed E-state index contributed by atoms with van der Waals surface area (Å²) in [5, 5.41) is 5.22. The number of carbonyl (C=O) groups is 1. The molecule has 0 aromatic carbocycles. The number of pyridine rings is 1. The summed E-state index contributed by atoms with van der Waals surface area (Å²) in [6, 6.07) is 5.60. The third-order valence-corrected chi connectivity index (χ3v) is 4.77. The maximum atomic E-state index is 13.4. The molecule has 4 heterocycles. The standard InChI is InChI=1S/C20H24N4O3/c1-12(2)24-19-16(9-21-24)15(8-17(22-19)18-6-5-7-26-18)20(25)23-10-13(3)27-14(4)11-23/h5-9,12-14H,10-11H2,1-4H3/t13-,14-/m1/s1. The van der Waals surface area contributed by atoms with E-state index in [2.05, 4.69) is 5.10 Å². The van der Waals surface area contributed by atoms with Crippen molar-refractivity contribution >= 4 is 16.9 Å². The van der Waals surface area contributed by atoms with Crippen LogP contribution in [0, 0.1) is 0 Å². The van der Waals surface area contributed by atoms with E-state index in [1.165, 1.54) is 0 Å². The van der Waals surface area contributed by atoms with Crippen LogP contribution in [0.5, 0.6) is 0 Å². The SMILES string of the molecule is CC(C)n1ncc2c(C(=O)N3C[C@@H](C)O[C@H](C)C3)cc(-c3ccco3)nc21. The van der Waals surface area contributed by atoms with Gasteiger partial charge in [-0.25, -0.2) is 9.67 Å². The highest BCUT2D eigenvalue weighted by atomic mass is 16.5. The van der Waals surface area contributed by atoms with E-state index in [0.29, 0.717) is 35.8 Å². The number of morpholine rings is 1. The number of aromatic nitrogens is 3. The van der Waals surface area contributed by atoms with E-state index in [-0.39, 0.29) is 24.2 Å². The Labute approximate surface area is 157 Å². The smallest absolute Gasteiger partial charge is 0.254 e. The summed E-state index contributed by atoms with van der Waals surface area (Å²) in [4.78, 5) is 20.0. The van der Waals surface area contributed by atoms with Crippen molar-refractivity contribution in [2.24, 2.45) is 0 Å². The Morgan fingerprint density at radius 2 is 2.00 bits per heavy atom. The van der Waals surface area contributed by atoms with Gasteiger partial charge in [0.05, 0.1) is 35.6 Å². The lowest BCUT2D eigenvalue weighted by atomic mass is 10.1. The van der Waals surface area contributed by atoms with Crippen molar-refractivity contribution in [2.45, 2.75) is 45.9 Å². The van der Waals surface area contributed by atoms with Crippen molar-refractivity contribution in [3.8, 4) is 11.5 Å². The second-order valence-electron chi connectivity index (χ2n) is 7.42. The van der Waals surface area contributed by atoms with E-state index in [1.54, 1.807) is 18.5 Å². The Morgan fingerprint density at radius 3 is 2.63 bits per heavy atom. The Kier molecular flexibility index (Phi) is 4.47. The molecule has 7 nitrogen and oxygen atoms in total. The molecule has 1 aliphatic rings. The molecule has 142 valence electrons. The molecule has 27 heavy (non-hydrogen) atoms. The fourth-order valence-corrected chi connectivity index (χ4v) is 3.64. The summed E-state index contributed by atoms with van der Waals surface area (Å²) in [6.45, 7) is 9.20. The van der Waals surface area contributed by atoms with E-state index in [0.717, 1.165) is 5.39 Å². The zero-order valence-corrected chi connectivity index (χ0v) is 16.0. The molecule has 3 aromatic heterocycles. The molecule has 1 aliphatic heterocycles. The summed E-state index contributed by atoms with van der Waals surface area (Å²) < 4.78 is 13.1. The van der Waals surface area contributed by atoms with Gasteiger partial charge in [0.25, 0.3) is 5.91 Å². The summed E-state index contributed by atoms with van der Waals surface area (Å²) in [7, 11) is 0. The first-order valence-electron chi connectivity index (χ1n) is 9.31. The topological polar surface area (TPSA) is 73.4 Å². The average molecular weight is 368 g/mol. The predicted molar refractivity (Wildman–Crippen MR) is 102 cm³/mol. The highest BCUT2D eigenvalue weighted by Gasteiger charge is 2.29. The Hall–Kier alpha value is -2.67. The predicted octanol–water partition coefficient (Wildman–Crippen LogP) is 3.52. The van der Waals surface area contributed by atoms with E-state index in [4.69, 9.17) is 14.1 Å². The van der Waals surface area contributed by atoms with Crippen LogP contribution in [0.4, 0.5) is 0 Å². The zero-order chi connectivity index (χ0) is 19.1. The molecule has 0 spiro atoms. The van der Waals surface area contributed by atoms with E-state index < -0.39 is 0 Å². The van der Waals surface area contributed by atoms with Crippen LogP contribution in [0.1, 0.15) is 44.1 Å². The number of carbonyl (C=O) groups excluding carboxylic acids is 1. The van der Waals surface area contributed by atoms with Gasteiger partial charge < -0.3 is 14.1 Å². The largest absolute Gasteiger partial charge is 0.463 e. The molecule has 4 rings (SSSR count). The Bertz CT molecular complexity index is 951. The minimum absolute atomic E-state index is 0.0120. The first-order chi connectivity index (χ1) is 12.9. The van der Waals surface area contributed by atoms with Gasteiger partial charge in [-0.3, -0.25) is 4.79 Å². The van der Waals surface area contributed by atoms with Gasteiger partial charge in [0.1, 0.15) is 5.69 Å². The van der Waals surface area contributed by atoms with Crippen LogP contribution in [0.3, 0.4) is 0 Å². The van der Waals surface area contributed by atoms with E-state index in [1.807, 2.05) is 49.4 Å². The van der Waals surface area contributed by atoms with Crippen LogP contribution in [-0.2, 0) is 4.74 Å². The van der Waals surface area contributed by atoms with Crippen LogP contribution < -0.4 is 0 Å². The molecule has 1 amide bonds. The molecular formula is C20H24N4O3. The van der Waals surface area contributed by atoms with Gasteiger partial charge in [0.15, 0.2) is 11.4 Å². The van der Waals surface area contributed by atoms with Crippen molar-refractivity contribution in [1.29, 1.82) is 0 Å². The zero-order valence-electron chi connectivity index (χ0n) is 16.0. The number of furan rings is 1. The average Bonchev–Trinajstić information content (AvgIpc) is 3.28. The van der Waals surface area contributed by atoms with Gasteiger partial charge in [-0.05, 0) is 45.9 Å². The molecule has 0 unspecified atom stereocenters. The van der Waals surface area contributed by atoms with Crippen molar-refractivity contribution in [1.82, 2.24) is 19.7 Å². The number of amides is 1. The van der Waals surface area contributed by atoms with Gasteiger partial charge in [0, 0.05) is 19.1 Å². The number of hydrogen-bond acceptors (Lipinski definition) is 5. The molecule has 7 heteroatoms. The van der Waals surface area contributed by atoms with Gasteiger partial charge in [-0.1, -0.05) is 0 Å². The molecule has 0 N–H and O–H groups in total. The third-order valence-electron chi connectivity index (χ3n) is 4.77. The van der Waals surface area contributed by atoms with Gasteiger partial charge >= 0.3 is 0 Å². The molecule has 0 radical (unpaired) electrons. The van der Waals surface area contributed by atoms with Crippen LogP contribution in [0.15, 0.2) is 35.1 Å². The monoisotopic (exact) mass is 368 g/mol. The number of hydrogen-bond donors (Lipinski definition) is 0. The quantitative estimate of drug-likeness (QED) is 0.707. The van der Waals surface area contributed by atoms with Crippen molar-refractivity contribution < 1.29 is 13.9 Å². The Morgan fingerprint density at radius 1 is 1.26 bits per heavy atom. The van der Waals surface area contributed by atoms with Crippen LogP contribution in [0.25, 0.3) is 22.5 Å². The second kappa shape index (κ2) is 6.81. The highest BCUT2D eigenvalue weighted by molar-refractivity contribution is 6.06. The summed E-state index contributed by atoms with van der Waals surface area (Å²) in [5.41, 5.74) is 1.92. The van der Waals surface area contributed by atoms with E-state index >= 15 is 0 Å². The highest BCUT2D eigenvalue weighted by Crippen LogP contribution is 2.28. The number of ether oxygens (including phenoxy) is 1. The number of rotatable bonds is 3. The maximum absolute atomic E-state index is 13.4. The van der Waals surface area contributed by atoms with Crippen LogP contribution in [-0.4, -0.2) is 50.9 Å². The first-order valence-corrected chi connectivity index (χ1v) is 9.31. The molecule has 0 aliphatic carbocycles. The fourth-order valence-electron chi connectivity index (χ4n) is 3.64. The summed E-state index contributed by atoms with van der Waals surface area (Å²) in [5.74, 6) is 0.603. The lowest BCUT2D eigenvalue weighted by Crippen LogP contribution is -2.48. The van der Waals surface area contributed by atoms with Crippen molar-refractivity contribution in [2.75, 3.05) is 13.1 Å². The molecular weight excluding hydrogens is 344 g/mol. The lowest BCUT2D eigenvalue weighted by Gasteiger charge is -2.35. The van der Waals surface area contributed by atoms with E-state index in [9.17, 15) is 4.79 Å². The molecule has 0 bridgehead atoms. The minimum Gasteiger partial charge on any atom is -0.463 e. The molecule has 1 fully saturated rings. The second-order valence-corrected chi connectivity index (χ2v) is 7.42. The molecule has 1 saturated heterocycles. The molecule has 3 aromatic rings. The molecule has 2 atom stereocenters. The normalized spacial score (nSPS) is 20.6. The van der Waals surface area contributed by atoms with Crippen molar-refractivity contribution in [3.05, 3.63) is 36.2 Å². The van der Waals surface area contributed by atoms with Crippen LogP contribution >= 0.6 is 0 Å². The van der Waals surface area contributed by atoms with Crippen molar-refractivity contribution in [3.63, 3.8) is 0 Å². The maximum Gasteiger partial charge on any atom is 0.254 e. The van der Waals surface area contributed by atoms with Gasteiger partial charge in [0.2, 0.25) is 0 Å². The minimum atomic E-state index is -0.0273. The summed E-state index contributed by atoms with van der Waals surface area (Å²) >= 11 is 0. The molecule has 0 saturated carbocycles. The lowest BCUT2D eigenvalue weighted by molar-refractivity contribution is -0.0585. The van der Waals surface area contributed by atoms with Gasteiger partial charge in [-0.2, -0.15) is 5.10 Å². The third kappa shape index (κ3) is 3.23. The van der Waals surface area contributed by atoms with Crippen LogP contribution in [0.2, 0.25) is 0 Å². The first kappa shape index (κ1) is 17.7. The number of nitrogens with zero attached hydrogens (tertiary/aromatic N) is 4. The Balaban J connectivity index is 1.84.